The number of hydrogen-bond acceptors (Lipinski definition) is 2. The highest BCUT2D eigenvalue weighted by Crippen LogP contribution is 2.43. The molecular formula is C7H11NO. The summed E-state index contributed by atoms with van der Waals surface area (Å²) in [5.41, 5.74) is 0.0521. The molecule has 0 spiro atoms. The summed E-state index contributed by atoms with van der Waals surface area (Å²) in [5, 5.41) is 0. The summed E-state index contributed by atoms with van der Waals surface area (Å²) in [5.74, 6) is 0. The molecule has 0 aromatic heterocycles. The Morgan fingerprint density at radius 1 is 1.67 bits per heavy atom. The lowest BCUT2D eigenvalue weighted by Crippen LogP contribution is -2.01. The summed E-state index contributed by atoms with van der Waals surface area (Å²) in [6.07, 6.45) is 5.99. The van der Waals surface area contributed by atoms with E-state index in [9.17, 15) is 4.79 Å². The Labute approximate surface area is 55.0 Å². The van der Waals surface area contributed by atoms with Gasteiger partial charge in [-0.3, -0.25) is 0 Å². The van der Waals surface area contributed by atoms with Crippen LogP contribution in [0.4, 0.5) is 0 Å². The van der Waals surface area contributed by atoms with Gasteiger partial charge < -0.3 is 0 Å². The van der Waals surface area contributed by atoms with E-state index in [2.05, 4.69) is 11.9 Å². The van der Waals surface area contributed by atoms with Crippen molar-refractivity contribution in [2.45, 2.75) is 38.1 Å². The van der Waals surface area contributed by atoms with Crippen LogP contribution in [0.1, 0.15) is 32.6 Å². The standard InChI is InChI=1S/C7H11NO/c1-2-3-7(4-5-7)8-6-9/h2-5H2,1H3. The summed E-state index contributed by atoms with van der Waals surface area (Å²) in [7, 11) is 0. The molecule has 0 unspecified atom stereocenters. The zero-order chi connectivity index (χ0) is 6.74. The van der Waals surface area contributed by atoms with Crippen LogP contribution in [0.25, 0.3) is 0 Å². The molecule has 1 fully saturated rings. The molecule has 1 aliphatic carbocycles. The van der Waals surface area contributed by atoms with Gasteiger partial charge in [0, 0.05) is 0 Å². The van der Waals surface area contributed by atoms with Crippen LogP contribution in [0.2, 0.25) is 0 Å². The summed E-state index contributed by atoms with van der Waals surface area (Å²) < 4.78 is 0. The SMILES string of the molecule is CCCC1(N=C=O)CC1. The number of hydrogen-bond donors (Lipinski definition) is 0. The van der Waals surface area contributed by atoms with Crippen molar-refractivity contribution >= 4 is 6.08 Å². The van der Waals surface area contributed by atoms with Gasteiger partial charge in [0.15, 0.2) is 0 Å². The molecule has 1 saturated carbocycles. The monoisotopic (exact) mass is 125 g/mol. The summed E-state index contributed by atoms with van der Waals surface area (Å²) in [6.45, 7) is 2.11. The average molecular weight is 125 g/mol. The van der Waals surface area contributed by atoms with Gasteiger partial charge in [0.05, 0.1) is 5.54 Å². The molecule has 1 aliphatic rings. The summed E-state index contributed by atoms with van der Waals surface area (Å²) in [6, 6.07) is 0. The molecule has 0 amide bonds. The van der Waals surface area contributed by atoms with Crippen LogP contribution in [0, 0.1) is 0 Å². The van der Waals surface area contributed by atoms with Gasteiger partial charge in [0.2, 0.25) is 6.08 Å². The molecule has 2 nitrogen and oxygen atoms in total. The third-order valence-electron chi connectivity index (χ3n) is 1.83. The van der Waals surface area contributed by atoms with Crippen LogP contribution < -0.4 is 0 Å². The first kappa shape index (κ1) is 6.50. The molecule has 0 aliphatic heterocycles. The molecule has 0 aromatic rings. The molecule has 0 aromatic carbocycles. The second-order valence-electron chi connectivity index (χ2n) is 2.68. The zero-order valence-electron chi connectivity index (χ0n) is 5.68. The van der Waals surface area contributed by atoms with Crippen molar-refractivity contribution in [3.05, 3.63) is 0 Å². The van der Waals surface area contributed by atoms with E-state index in [4.69, 9.17) is 0 Å². The van der Waals surface area contributed by atoms with Crippen molar-refractivity contribution in [1.29, 1.82) is 0 Å². The number of isocyanates is 1. The van der Waals surface area contributed by atoms with E-state index in [0.717, 1.165) is 25.7 Å². The third kappa shape index (κ3) is 1.39. The summed E-state index contributed by atoms with van der Waals surface area (Å²) in [4.78, 5) is 13.6. The zero-order valence-corrected chi connectivity index (χ0v) is 5.68. The molecule has 9 heavy (non-hydrogen) atoms. The maximum atomic E-state index is 9.84. The van der Waals surface area contributed by atoms with Crippen molar-refractivity contribution in [3.8, 4) is 0 Å². The maximum Gasteiger partial charge on any atom is 0.235 e. The van der Waals surface area contributed by atoms with Gasteiger partial charge in [-0.2, -0.15) is 4.99 Å². The smallest absolute Gasteiger partial charge is 0.211 e. The van der Waals surface area contributed by atoms with Gasteiger partial charge in [-0.05, 0) is 19.3 Å². The highest BCUT2D eigenvalue weighted by atomic mass is 16.1. The predicted octanol–water partition coefficient (Wildman–Crippen LogP) is 1.65. The van der Waals surface area contributed by atoms with E-state index >= 15 is 0 Å². The molecule has 0 atom stereocenters. The van der Waals surface area contributed by atoms with Crippen molar-refractivity contribution < 1.29 is 4.79 Å². The summed E-state index contributed by atoms with van der Waals surface area (Å²) >= 11 is 0. The van der Waals surface area contributed by atoms with Gasteiger partial charge in [0.25, 0.3) is 0 Å². The van der Waals surface area contributed by atoms with E-state index in [-0.39, 0.29) is 5.54 Å². The Balaban J connectivity index is 2.42. The lowest BCUT2D eigenvalue weighted by atomic mass is 10.1. The number of nitrogens with zero attached hydrogens (tertiary/aromatic N) is 1. The van der Waals surface area contributed by atoms with Gasteiger partial charge in [-0.25, -0.2) is 4.79 Å². The molecule has 0 radical (unpaired) electrons. The highest BCUT2D eigenvalue weighted by molar-refractivity contribution is 5.36. The van der Waals surface area contributed by atoms with Crippen molar-refractivity contribution in [1.82, 2.24) is 0 Å². The fourth-order valence-corrected chi connectivity index (χ4v) is 1.12. The Bertz CT molecular complexity index is 143. The molecule has 50 valence electrons. The second kappa shape index (κ2) is 2.32. The van der Waals surface area contributed by atoms with Gasteiger partial charge >= 0.3 is 0 Å². The van der Waals surface area contributed by atoms with Gasteiger partial charge in [-0.15, -0.1) is 0 Å². The number of carbonyl (C=O) groups excluding carboxylic acids is 1. The molecule has 1 rings (SSSR count). The third-order valence-corrected chi connectivity index (χ3v) is 1.83. The van der Waals surface area contributed by atoms with Crippen molar-refractivity contribution in [3.63, 3.8) is 0 Å². The first-order valence-corrected chi connectivity index (χ1v) is 3.42. The molecular weight excluding hydrogens is 114 g/mol. The van der Waals surface area contributed by atoms with Crippen LogP contribution in [-0.2, 0) is 4.79 Å². The Kier molecular flexibility index (Phi) is 1.68. The second-order valence-corrected chi connectivity index (χ2v) is 2.68. The molecule has 2 heteroatoms. The fraction of sp³-hybridized carbons (Fsp3) is 0.857. The maximum absolute atomic E-state index is 9.84. The van der Waals surface area contributed by atoms with Gasteiger partial charge in [0.1, 0.15) is 0 Å². The van der Waals surface area contributed by atoms with Crippen LogP contribution in [0.3, 0.4) is 0 Å². The molecule has 0 heterocycles. The quantitative estimate of drug-likeness (QED) is 0.416. The number of rotatable bonds is 3. The van der Waals surface area contributed by atoms with E-state index < -0.39 is 0 Å². The largest absolute Gasteiger partial charge is 0.235 e. The van der Waals surface area contributed by atoms with E-state index in [1.165, 1.54) is 0 Å². The minimum absolute atomic E-state index is 0.0521. The Morgan fingerprint density at radius 3 is 2.67 bits per heavy atom. The number of aliphatic imine (C=N–C) groups is 1. The van der Waals surface area contributed by atoms with Crippen LogP contribution in [0.5, 0.6) is 0 Å². The van der Waals surface area contributed by atoms with Crippen molar-refractivity contribution in [2.75, 3.05) is 0 Å². The van der Waals surface area contributed by atoms with Crippen molar-refractivity contribution in [2.24, 2.45) is 4.99 Å². The predicted molar refractivity (Wildman–Crippen MR) is 35.0 cm³/mol. The first-order chi connectivity index (χ1) is 4.33. The van der Waals surface area contributed by atoms with Crippen LogP contribution in [0.15, 0.2) is 4.99 Å². The van der Waals surface area contributed by atoms with E-state index in [1.54, 1.807) is 6.08 Å². The molecule has 0 N–H and O–H groups in total. The first-order valence-electron chi connectivity index (χ1n) is 3.42. The van der Waals surface area contributed by atoms with Gasteiger partial charge in [-0.1, -0.05) is 13.3 Å². The Hall–Kier alpha value is -0.620. The lowest BCUT2D eigenvalue weighted by Gasteiger charge is -2.01. The van der Waals surface area contributed by atoms with E-state index in [1.807, 2.05) is 0 Å². The lowest BCUT2D eigenvalue weighted by molar-refractivity contribution is 0.544. The normalized spacial score (nSPS) is 20.6. The van der Waals surface area contributed by atoms with Crippen LogP contribution >= 0.6 is 0 Å². The molecule has 0 saturated heterocycles. The topological polar surface area (TPSA) is 29.4 Å². The minimum Gasteiger partial charge on any atom is -0.211 e. The van der Waals surface area contributed by atoms with E-state index in [0.29, 0.717) is 0 Å². The Morgan fingerprint density at radius 2 is 2.33 bits per heavy atom. The fourth-order valence-electron chi connectivity index (χ4n) is 1.12. The molecule has 0 bridgehead atoms. The highest BCUT2D eigenvalue weighted by Gasteiger charge is 2.41. The average Bonchev–Trinajstić information content (AvgIpc) is 2.51. The van der Waals surface area contributed by atoms with Crippen LogP contribution in [-0.4, -0.2) is 11.6 Å². The minimum atomic E-state index is 0.0521.